The highest BCUT2D eigenvalue weighted by atomic mass is 35.5. The van der Waals surface area contributed by atoms with Crippen molar-refractivity contribution in [3.8, 4) is 5.75 Å². The molecule has 142 valence electrons. The molecule has 3 nitrogen and oxygen atoms in total. The van der Waals surface area contributed by atoms with Gasteiger partial charge in [-0.3, -0.25) is 0 Å². The summed E-state index contributed by atoms with van der Waals surface area (Å²) in [7, 11) is 0. The molecule has 0 fully saturated rings. The molecule has 0 radical (unpaired) electrons. The fourth-order valence-corrected chi connectivity index (χ4v) is 3.48. The first kappa shape index (κ1) is 18.6. The molecule has 0 atom stereocenters. The predicted octanol–water partition coefficient (Wildman–Crippen LogP) is 5.98. The number of nitrogens with zero attached hydrogens (tertiary/aromatic N) is 2. The number of hydrogen-bond acceptors (Lipinski definition) is 2. The van der Waals surface area contributed by atoms with Gasteiger partial charge in [-0.15, -0.1) is 0 Å². The van der Waals surface area contributed by atoms with Gasteiger partial charge < -0.3 is 9.30 Å². The lowest BCUT2D eigenvalue weighted by Gasteiger charge is -2.12. The molecule has 4 aromatic rings. The van der Waals surface area contributed by atoms with E-state index >= 15 is 0 Å². The molecule has 0 N–H and O–H groups in total. The van der Waals surface area contributed by atoms with Crippen molar-refractivity contribution in [2.45, 2.75) is 26.8 Å². The number of aryl methyl sites for hydroxylation is 2. The van der Waals surface area contributed by atoms with E-state index in [2.05, 4.69) is 60.9 Å². The standard InChI is InChI=1S/C24H23ClN2O/c1-17-7-12-21(15-18(17)2)28-14-13-27-23-6-4-3-5-22(23)26-24(27)16-19-8-10-20(25)11-9-19/h3-12,15H,13-14,16H2,1-2H3. The first-order valence-corrected chi connectivity index (χ1v) is 9.86. The molecule has 0 aliphatic heterocycles. The van der Waals surface area contributed by atoms with Crippen LogP contribution in [-0.2, 0) is 13.0 Å². The lowest BCUT2D eigenvalue weighted by Crippen LogP contribution is -2.11. The summed E-state index contributed by atoms with van der Waals surface area (Å²) in [4.78, 5) is 4.86. The molecule has 0 unspecified atom stereocenters. The number of para-hydroxylation sites is 2. The Kier molecular flexibility index (Phi) is 5.36. The minimum Gasteiger partial charge on any atom is -0.492 e. The quantitative estimate of drug-likeness (QED) is 0.405. The molecule has 28 heavy (non-hydrogen) atoms. The van der Waals surface area contributed by atoms with E-state index < -0.39 is 0 Å². The molecule has 0 amide bonds. The van der Waals surface area contributed by atoms with Crippen LogP contribution in [0.2, 0.25) is 5.02 Å². The van der Waals surface area contributed by atoms with E-state index in [4.69, 9.17) is 21.3 Å². The van der Waals surface area contributed by atoms with E-state index in [1.54, 1.807) is 0 Å². The van der Waals surface area contributed by atoms with Gasteiger partial charge in [0.15, 0.2) is 0 Å². The minimum absolute atomic E-state index is 0.594. The van der Waals surface area contributed by atoms with Crippen molar-refractivity contribution >= 4 is 22.6 Å². The van der Waals surface area contributed by atoms with E-state index in [0.717, 1.165) is 40.6 Å². The first-order chi connectivity index (χ1) is 13.6. The van der Waals surface area contributed by atoms with Crippen molar-refractivity contribution in [2.24, 2.45) is 0 Å². The fraction of sp³-hybridized carbons (Fsp3) is 0.208. The van der Waals surface area contributed by atoms with Gasteiger partial charge in [-0.2, -0.15) is 0 Å². The number of benzene rings is 3. The summed E-state index contributed by atoms with van der Waals surface area (Å²) in [6.07, 6.45) is 0.759. The molecular weight excluding hydrogens is 368 g/mol. The summed E-state index contributed by atoms with van der Waals surface area (Å²) < 4.78 is 8.27. The van der Waals surface area contributed by atoms with Crippen LogP contribution in [0, 0.1) is 13.8 Å². The highest BCUT2D eigenvalue weighted by molar-refractivity contribution is 6.30. The van der Waals surface area contributed by atoms with Crippen molar-refractivity contribution in [1.29, 1.82) is 0 Å². The molecular formula is C24H23ClN2O. The van der Waals surface area contributed by atoms with Gasteiger partial charge in [0.25, 0.3) is 0 Å². The number of hydrogen-bond donors (Lipinski definition) is 0. The van der Waals surface area contributed by atoms with Crippen LogP contribution in [0.25, 0.3) is 11.0 Å². The molecule has 0 aliphatic rings. The Hall–Kier alpha value is -2.78. The second-order valence-corrected chi connectivity index (χ2v) is 7.50. The number of aromatic nitrogens is 2. The smallest absolute Gasteiger partial charge is 0.119 e. The van der Waals surface area contributed by atoms with E-state index in [1.807, 2.05) is 24.3 Å². The average Bonchev–Trinajstić information content (AvgIpc) is 3.04. The normalized spacial score (nSPS) is 11.1. The number of fused-ring (bicyclic) bond motifs is 1. The SMILES string of the molecule is Cc1ccc(OCCn2c(Cc3ccc(Cl)cc3)nc3ccccc32)cc1C. The molecule has 0 aliphatic carbocycles. The van der Waals surface area contributed by atoms with Crippen LogP contribution in [-0.4, -0.2) is 16.2 Å². The number of imidazole rings is 1. The largest absolute Gasteiger partial charge is 0.492 e. The number of rotatable bonds is 6. The van der Waals surface area contributed by atoms with Gasteiger partial charge in [0.1, 0.15) is 18.2 Å². The Balaban J connectivity index is 1.56. The molecule has 0 bridgehead atoms. The Morgan fingerprint density at radius 2 is 1.71 bits per heavy atom. The number of ether oxygens (including phenoxy) is 1. The van der Waals surface area contributed by atoms with Gasteiger partial charge in [-0.25, -0.2) is 4.98 Å². The zero-order valence-corrected chi connectivity index (χ0v) is 16.9. The van der Waals surface area contributed by atoms with Crippen LogP contribution in [0.3, 0.4) is 0 Å². The molecule has 1 aromatic heterocycles. The Morgan fingerprint density at radius 1 is 0.929 bits per heavy atom. The van der Waals surface area contributed by atoms with Gasteiger partial charge in [0, 0.05) is 11.4 Å². The van der Waals surface area contributed by atoms with Crippen molar-refractivity contribution in [3.63, 3.8) is 0 Å². The summed E-state index contributed by atoms with van der Waals surface area (Å²) in [6, 6.07) is 22.4. The summed E-state index contributed by atoms with van der Waals surface area (Å²) in [5.41, 5.74) is 5.86. The van der Waals surface area contributed by atoms with Gasteiger partial charge in [0.05, 0.1) is 17.6 Å². The van der Waals surface area contributed by atoms with Gasteiger partial charge in [-0.1, -0.05) is 41.9 Å². The zero-order valence-electron chi connectivity index (χ0n) is 16.2. The van der Waals surface area contributed by atoms with Crippen molar-refractivity contribution in [3.05, 3.63) is 94.3 Å². The second kappa shape index (κ2) is 8.07. The van der Waals surface area contributed by atoms with Crippen molar-refractivity contribution in [2.75, 3.05) is 6.61 Å². The lowest BCUT2D eigenvalue weighted by molar-refractivity contribution is 0.298. The third-order valence-electron chi connectivity index (χ3n) is 5.07. The van der Waals surface area contributed by atoms with E-state index in [9.17, 15) is 0 Å². The second-order valence-electron chi connectivity index (χ2n) is 7.07. The summed E-state index contributed by atoms with van der Waals surface area (Å²) in [5, 5.41) is 0.749. The first-order valence-electron chi connectivity index (χ1n) is 9.49. The Labute approximate surface area is 170 Å². The predicted molar refractivity (Wildman–Crippen MR) is 115 cm³/mol. The van der Waals surface area contributed by atoms with E-state index in [-0.39, 0.29) is 0 Å². The molecule has 3 aromatic carbocycles. The topological polar surface area (TPSA) is 27.1 Å². The molecule has 1 heterocycles. The van der Waals surface area contributed by atoms with Gasteiger partial charge >= 0.3 is 0 Å². The lowest BCUT2D eigenvalue weighted by atomic mass is 10.1. The fourth-order valence-electron chi connectivity index (χ4n) is 3.35. The van der Waals surface area contributed by atoms with Crippen LogP contribution in [0.4, 0.5) is 0 Å². The van der Waals surface area contributed by atoms with Crippen LogP contribution in [0.15, 0.2) is 66.7 Å². The monoisotopic (exact) mass is 390 g/mol. The maximum absolute atomic E-state index is 6.02. The highest BCUT2D eigenvalue weighted by Crippen LogP contribution is 2.21. The maximum Gasteiger partial charge on any atom is 0.119 e. The summed E-state index contributed by atoms with van der Waals surface area (Å²) in [6.45, 7) is 5.56. The average molecular weight is 391 g/mol. The Morgan fingerprint density at radius 3 is 2.50 bits per heavy atom. The van der Waals surface area contributed by atoms with Crippen LogP contribution >= 0.6 is 11.6 Å². The van der Waals surface area contributed by atoms with Crippen LogP contribution in [0.1, 0.15) is 22.5 Å². The van der Waals surface area contributed by atoms with Crippen LogP contribution < -0.4 is 4.74 Å². The van der Waals surface area contributed by atoms with E-state index in [0.29, 0.717) is 6.61 Å². The minimum atomic E-state index is 0.594. The molecule has 4 rings (SSSR count). The zero-order chi connectivity index (χ0) is 19.5. The van der Waals surface area contributed by atoms with Crippen LogP contribution in [0.5, 0.6) is 5.75 Å². The summed E-state index contributed by atoms with van der Waals surface area (Å²) >= 11 is 6.02. The van der Waals surface area contributed by atoms with Crippen molar-refractivity contribution in [1.82, 2.24) is 9.55 Å². The van der Waals surface area contributed by atoms with Crippen molar-refractivity contribution < 1.29 is 4.74 Å². The molecule has 0 spiro atoms. The number of halogens is 1. The van der Waals surface area contributed by atoms with E-state index in [1.165, 1.54) is 16.7 Å². The molecule has 4 heteroatoms. The Bertz CT molecular complexity index is 1100. The third kappa shape index (κ3) is 4.05. The molecule has 0 saturated carbocycles. The third-order valence-corrected chi connectivity index (χ3v) is 5.32. The van der Waals surface area contributed by atoms with Gasteiger partial charge in [-0.05, 0) is 66.9 Å². The maximum atomic E-state index is 6.02. The molecule has 0 saturated heterocycles. The summed E-state index contributed by atoms with van der Waals surface area (Å²) in [5.74, 6) is 1.94. The highest BCUT2D eigenvalue weighted by Gasteiger charge is 2.11. The van der Waals surface area contributed by atoms with Gasteiger partial charge in [0.2, 0.25) is 0 Å².